The molecular weight excluding hydrogens is 326 g/mol. The van der Waals surface area contributed by atoms with Crippen molar-refractivity contribution in [1.82, 2.24) is 0 Å². The molecule has 2 amide bonds. The van der Waals surface area contributed by atoms with Crippen molar-refractivity contribution >= 4 is 29.0 Å². The highest BCUT2D eigenvalue weighted by Crippen LogP contribution is 2.40. The molecule has 1 aliphatic rings. The molecule has 0 bridgehead atoms. The minimum Gasteiger partial charge on any atom is -0.363 e. The highest BCUT2D eigenvalue weighted by Gasteiger charge is 2.54. The minimum absolute atomic E-state index is 0.0727. The average molecular weight is 349 g/mol. The van der Waals surface area contributed by atoms with Gasteiger partial charge in [0.25, 0.3) is 0 Å². The third-order valence-electron chi connectivity index (χ3n) is 4.75. The SMILES string of the molecule is CC(=O)N=C1C(N(C)c2ccccc2)C(C)(C)C(=O)N1c1ccccc1. The second-order valence-corrected chi connectivity index (χ2v) is 7.04. The fraction of sp³-hybridized carbons (Fsp3) is 0.286. The first-order valence-corrected chi connectivity index (χ1v) is 8.60. The van der Waals surface area contributed by atoms with Crippen LogP contribution in [0.5, 0.6) is 0 Å². The Balaban J connectivity index is 2.15. The Morgan fingerprint density at radius 3 is 2.12 bits per heavy atom. The number of carbonyl (C=O) groups excluding carboxylic acids is 2. The highest BCUT2D eigenvalue weighted by molar-refractivity contribution is 6.29. The van der Waals surface area contributed by atoms with E-state index in [4.69, 9.17) is 0 Å². The van der Waals surface area contributed by atoms with Gasteiger partial charge < -0.3 is 4.90 Å². The normalized spacial score (nSPS) is 20.5. The van der Waals surface area contributed by atoms with Crippen molar-refractivity contribution in [3.63, 3.8) is 0 Å². The molecule has 0 radical (unpaired) electrons. The summed E-state index contributed by atoms with van der Waals surface area (Å²) in [6.45, 7) is 5.21. The second kappa shape index (κ2) is 6.75. The lowest BCUT2D eigenvalue weighted by molar-refractivity contribution is -0.124. The predicted molar refractivity (Wildman–Crippen MR) is 104 cm³/mol. The highest BCUT2D eigenvalue weighted by atomic mass is 16.2. The number of para-hydroxylation sites is 2. The van der Waals surface area contributed by atoms with E-state index in [1.54, 1.807) is 4.90 Å². The monoisotopic (exact) mass is 349 g/mol. The Bertz CT molecular complexity index is 844. The zero-order valence-electron chi connectivity index (χ0n) is 15.5. The lowest BCUT2D eigenvalue weighted by Crippen LogP contribution is -2.46. The summed E-state index contributed by atoms with van der Waals surface area (Å²) >= 11 is 0. The predicted octanol–water partition coefficient (Wildman–Crippen LogP) is 3.51. The van der Waals surface area contributed by atoms with Crippen LogP contribution in [0.3, 0.4) is 0 Å². The molecule has 1 atom stereocenters. The molecular formula is C21H23N3O2. The van der Waals surface area contributed by atoms with Crippen LogP contribution >= 0.6 is 0 Å². The number of amides is 2. The van der Waals surface area contributed by atoms with E-state index in [0.29, 0.717) is 5.84 Å². The Kier molecular flexibility index (Phi) is 4.64. The summed E-state index contributed by atoms with van der Waals surface area (Å²) in [6, 6.07) is 18.8. The number of hydrogen-bond donors (Lipinski definition) is 0. The van der Waals surface area contributed by atoms with E-state index in [2.05, 4.69) is 4.99 Å². The van der Waals surface area contributed by atoms with Crippen LogP contribution in [-0.2, 0) is 9.59 Å². The molecule has 0 aromatic heterocycles. The average Bonchev–Trinajstić information content (AvgIpc) is 2.81. The van der Waals surface area contributed by atoms with Gasteiger partial charge in [-0.3, -0.25) is 14.5 Å². The summed E-state index contributed by atoms with van der Waals surface area (Å²) < 4.78 is 0. The zero-order valence-corrected chi connectivity index (χ0v) is 15.5. The number of carbonyl (C=O) groups is 2. The van der Waals surface area contributed by atoms with Crippen molar-refractivity contribution in [2.45, 2.75) is 26.8 Å². The third kappa shape index (κ3) is 3.01. The smallest absolute Gasteiger partial charge is 0.244 e. The van der Waals surface area contributed by atoms with Gasteiger partial charge in [0, 0.05) is 19.7 Å². The van der Waals surface area contributed by atoms with Crippen molar-refractivity contribution in [3.05, 3.63) is 60.7 Å². The van der Waals surface area contributed by atoms with E-state index >= 15 is 0 Å². The Morgan fingerprint density at radius 1 is 1.04 bits per heavy atom. The number of rotatable bonds is 3. The maximum atomic E-state index is 13.3. The van der Waals surface area contributed by atoms with Crippen LogP contribution in [0.4, 0.5) is 11.4 Å². The molecule has 0 spiro atoms. The van der Waals surface area contributed by atoms with E-state index in [9.17, 15) is 9.59 Å². The fourth-order valence-electron chi connectivity index (χ4n) is 3.52. The lowest BCUT2D eigenvalue weighted by Gasteiger charge is -2.33. The molecule has 0 aliphatic carbocycles. The van der Waals surface area contributed by atoms with Crippen LogP contribution in [0.25, 0.3) is 0 Å². The number of amidine groups is 1. The molecule has 26 heavy (non-hydrogen) atoms. The van der Waals surface area contributed by atoms with Gasteiger partial charge in [-0.1, -0.05) is 36.4 Å². The summed E-state index contributed by atoms with van der Waals surface area (Å²) in [6.07, 6.45) is 0. The largest absolute Gasteiger partial charge is 0.363 e. The summed E-state index contributed by atoms with van der Waals surface area (Å²) in [5.41, 5.74) is 0.938. The molecule has 1 saturated heterocycles. The standard InChI is InChI=1S/C21H23N3O2/c1-15(25)22-19-18(23(4)16-11-7-5-8-12-16)21(2,3)20(26)24(19)17-13-9-6-10-14-17/h5-14,18H,1-4H3. The number of benzene rings is 2. The molecule has 1 aliphatic heterocycles. The van der Waals surface area contributed by atoms with Crippen molar-refractivity contribution < 1.29 is 9.59 Å². The van der Waals surface area contributed by atoms with Crippen LogP contribution in [0, 0.1) is 5.41 Å². The number of aliphatic imine (C=N–C) groups is 1. The Morgan fingerprint density at radius 2 is 1.58 bits per heavy atom. The van der Waals surface area contributed by atoms with Gasteiger partial charge in [-0.05, 0) is 38.1 Å². The Hall–Kier alpha value is -2.95. The second-order valence-electron chi connectivity index (χ2n) is 7.04. The topological polar surface area (TPSA) is 53.0 Å². The number of nitrogens with zero attached hydrogens (tertiary/aromatic N) is 3. The van der Waals surface area contributed by atoms with Crippen LogP contribution in [0.15, 0.2) is 65.7 Å². The third-order valence-corrected chi connectivity index (χ3v) is 4.75. The van der Waals surface area contributed by atoms with Gasteiger partial charge in [0.05, 0.1) is 11.1 Å². The summed E-state index contributed by atoms with van der Waals surface area (Å²) in [4.78, 5) is 33.0. The summed E-state index contributed by atoms with van der Waals surface area (Å²) in [5, 5.41) is 0. The molecule has 3 rings (SSSR count). The molecule has 1 heterocycles. The van der Waals surface area contributed by atoms with E-state index in [0.717, 1.165) is 11.4 Å². The van der Waals surface area contributed by atoms with Crippen molar-refractivity contribution in [1.29, 1.82) is 0 Å². The van der Waals surface area contributed by atoms with Gasteiger partial charge in [0.15, 0.2) is 0 Å². The Labute approximate surface area is 154 Å². The van der Waals surface area contributed by atoms with E-state index in [1.807, 2.05) is 86.5 Å². The molecule has 1 unspecified atom stereocenters. The maximum absolute atomic E-state index is 13.3. The molecule has 134 valence electrons. The minimum atomic E-state index is -0.741. The van der Waals surface area contributed by atoms with Crippen LogP contribution in [0.1, 0.15) is 20.8 Å². The van der Waals surface area contributed by atoms with Gasteiger partial charge in [-0.15, -0.1) is 0 Å². The molecule has 0 N–H and O–H groups in total. The lowest BCUT2D eigenvalue weighted by atomic mass is 9.85. The van der Waals surface area contributed by atoms with Crippen LogP contribution in [0.2, 0.25) is 0 Å². The van der Waals surface area contributed by atoms with E-state index < -0.39 is 5.41 Å². The number of anilines is 2. The van der Waals surface area contributed by atoms with Crippen molar-refractivity contribution in [3.8, 4) is 0 Å². The van der Waals surface area contributed by atoms with Crippen molar-refractivity contribution in [2.75, 3.05) is 16.8 Å². The molecule has 1 fully saturated rings. The number of likely N-dealkylation sites (N-methyl/N-ethyl adjacent to an activating group) is 1. The number of hydrogen-bond acceptors (Lipinski definition) is 3. The maximum Gasteiger partial charge on any atom is 0.244 e. The summed E-state index contributed by atoms with van der Waals surface area (Å²) in [7, 11) is 1.93. The van der Waals surface area contributed by atoms with Gasteiger partial charge >= 0.3 is 0 Å². The molecule has 2 aromatic carbocycles. The zero-order chi connectivity index (χ0) is 18.9. The quantitative estimate of drug-likeness (QED) is 0.852. The van der Waals surface area contributed by atoms with Gasteiger partial charge in [-0.25, -0.2) is 0 Å². The van der Waals surface area contributed by atoms with E-state index in [-0.39, 0.29) is 17.9 Å². The molecule has 2 aromatic rings. The molecule has 5 heteroatoms. The van der Waals surface area contributed by atoms with Gasteiger partial charge in [-0.2, -0.15) is 4.99 Å². The van der Waals surface area contributed by atoms with Crippen LogP contribution < -0.4 is 9.80 Å². The van der Waals surface area contributed by atoms with Crippen LogP contribution in [-0.4, -0.2) is 30.7 Å². The van der Waals surface area contributed by atoms with Gasteiger partial charge in [0.2, 0.25) is 11.8 Å². The first-order chi connectivity index (χ1) is 12.3. The van der Waals surface area contributed by atoms with Crippen molar-refractivity contribution in [2.24, 2.45) is 10.4 Å². The van der Waals surface area contributed by atoms with E-state index in [1.165, 1.54) is 6.92 Å². The molecule has 0 saturated carbocycles. The fourth-order valence-corrected chi connectivity index (χ4v) is 3.52. The first kappa shape index (κ1) is 17.9. The first-order valence-electron chi connectivity index (χ1n) is 8.60. The van der Waals surface area contributed by atoms with Gasteiger partial charge in [0.1, 0.15) is 11.9 Å². The summed E-state index contributed by atoms with van der Waals surface area (Å²) in [5.74, 6) is 0.0689. The molecule has 5 nitrogen and oxygen atoms in total.